The summed E-state index contributed by atoms with van der Waals surface area (Å²) in [4.78, 5) is 4.86. The molecule has 0 saturated carbocycles. The Morgan fingerprint density at radius 2 is 1.23 bits per heavy atom. The topological polar surface area (TPSA) is 35.9 Å². The molecule has 3 aliphatic heterocycles. The number of anilines is 2. The van der Waals surface area contributed by atoms with Crippen molar-refractivity contribution in [1.29, 1.82) is 0 Å². The summed E-state index contributed by atoms with van der Waals surface area (Å²) >= 11 is 0. The minimum absolute atomic E-state index is 0.0380. The zero-order valence-electron chi connectivity index (χ0n) is 18.7. The lowest BCUT2D eigenvalue weighted by Crippen LogP contribution is -2.23. The normalized spacial score (nSPS) is 18.9. The third kappa shape index (κ3) is 4.15. The van der Waals surface area contributed by atoms with Crippen LogP contribution < -0.4 is 14.5 Å². The molecule has 3 aliphatic rings. The van der Waals surface area contributed by atoms with Crippen LogP contribution in [0, 0.1) is 0 Å². The van der Waals surface area contributed by atoms with E-state index in [0.29, 0.717) is 0 Å². The molecule has 2 saturated heterocycles. The minimum atomic E-state index is -0.457. The van der Waals surface area contributed by atoms with Gasteiger partial charge in [0, 0.05) is 66.7 Å². The van der Waals surface area contributed by atoms with E-state index in [1.54, 1.807) is 0 Å². The lowest BCUT2D eigenvalue weighted by molar-refractivity contribution is 0.171. The Hall–Kier alpha value is -2.20. The van der Waals surface area contributed by atoms with Gasteiger partial charge in [0.25, 0.3) is 0 Å². The van der Waals surface area contributed by atoms with E-state index in [9.17, 15) is 5.11 Å². The Labute approximate surface area is 181 Å². The SMILES string of the molecule is CC(O)C1c2ccc(N3CCCC3)cc2Oc2cc(N3CCCC3)ccc21.CCC. The fourth-order valence-corrected chi connectivity index (χ4v) is 4.89. The maximum atomic E-state index is 10.6. The first kappa shape index (κ1) is 21.0. The second-order valence-corrected chi connectivity index (χ2v) is 8.86. The van der Waals surface area contributed by atoms with Gasteiger partial charge in [0.1, 0.15) is 11.5 Å². The Kier molecular flexibility index (Phi) is 6.52. The van der Waals surface area contributed by atoms with E-state index in [4.69, 9.17) is 4.74 Å². The summed E-state index contributed by atoms with van der Waals surface area (Å²) in [6.45, 7) is 10.6. The van der Waals surface area contributed by atoms with Crippen LogP contribution in [0.15, 0.2) is 36.4 Å². The number of rotatable bonds is 3. The average Bonchev–Trinajstić information content (AvgIpc) is 3.46. The maximum absolute atomic E-state index is 10.6. The van der Waals surface area contributed by atoms with E-state index in [1.807, 2.05) is 6.92 Å². The molecule has 1 unspecified atom stereocenters. The van der Waals surface area contributed by atoms with Crippen LogP contribution in [0.3, 0.4) is 0 Å². The van der Waals surface area contributed by atoms with Crippen LogP contribution in [0.4, 0.5) is 11.4 Å². The minimum Gasteiger partial charge on any atom is -0.457 e. The molecule has 2 aromatic rings. The van der Waals surface area contributed by atoms with Crippen LogP contribution in [-0.4, -0.2) is 37.4 Å². The van der Waals surface area contributed by atoms with E-state index >= 15 is 0 Å². The molecule has 2 aromatic carbocycles. The number of fused-ring (bicyclic) bond motifs is 2. The Bertz CT molecular complexity index is 787. The average molecular weight is 409 g/mol. The number of hydrogen-bond acceptors (Lipinski definition) is 4. The molecule has 1 atom stereocenters. The molecule has 0 aromatic heterocycles. The van der Waals surface area contributed by atoms with Crippen LogP contribution in [0.1, 0.15) is 69.9 Å². The van der Waals surface area contributed by atoms with Crippen molar-refractivity contribution in [3.05, 3.63) is 47.5 Å². The summed E-state index contributed by atoms with van der Waals surface area (Å²) in [5, 5.41) is 10.6. The van der Waals surface area contributed by atoms with Crippen LogP contribution in [0.2, 0.25) is 0 Å². The summed E-state index contributed by atoms with van der Waals surface area (Å²) in [5.41, 5.74) is 4.65. The molecule has 0 amide bonds. The smallest absolute Gasteiger partial charge is 0.133 e. The molecule has 4 nitrogen and oxygen atoms in total. The van der Waals surface area contributed by atoms with Crippen molar-refractivity contribution >= 4 is 11.4 Å². The highest BCUT2D eigenvalue weighted by molar-refractivity contribution is 5.64. The third-order valence-corrected chi connectivity index (χ3v) is 6.31. The first-order valence-electron chi connectivity index (χ1n) is 11.8. The highest BCUT2D eigenvalue weighted by Crippen LogP contribution is 2.48. The molecular weight excluding hydrogens is 372 g/mol. The largest absolute Gasteiger partial charge is 0.457 e. The molecule has 2 fully saturated rings. The first-order chi connectivity index (χ1) is 14.6. The van der Waals surface area contributed by atoms with Gasteiger partial charge >= 0.3 is 0 Å². The number of aliphatic hydroxyl groups excluding tert-OH is 1. The maximum Gasteiger partial charge on any atom is 0.133 e. The Morgan fingerprint density at radius 3 is 1.60 bits per heavy atom. The molecule has 0 spiro atoms. The summed E-state index contributed by atoms with van der Waals surface area (Å²) in [5.74, 6) is 1.76. The van der Waals surface area contributed by atoms with Crippen molar-refractivity contribution in [2.75, 3.05) is 36.0 Å². The molecule has 0 bridgehead atoms. The lowest BCUT2D eigenvalue weighted by Gasteiger charge is -2.32. The second kappa shape index (κ2) is 9.30. The zero-order valence-corrected chi connectivity index (χ0v) is 18.7. The van der Waals surface area contributed by atoms with Gasteiger partial charge in [-0.3, -0.25) is 0 Å². The second-order valence-electron chi connectivity index (χ2n) is 8.86. The zero-order chi connectivity index (χ0) is 21.1. The van der Waals surface area contributed by atoms with E-state index in [-0.39, 0.29) is 5.92 Å². The molecule has 0 aliphatic carbocycles. The number of ether oxygens (including phenoxy) is 1. The first-order valence-corrected chi connectivity index (χ1v) is 11.8. The molecule has 4 heteroatoms. The van der Waals surface area contributed by atoms with Gasteiger partial charge in [-0.1, -0.05) is 32.4 Å². The Balaban J connectivity index is 0.000000687. The van der Waals surface area contributed by atoms with Crippen molar-refractivity contribution in [3.8, 4) is 11.5 Å². The molecule has 0 radical (unpaired) electrons. The summed E-state index contributed by atoms with van der Waals surface area (Å²) in [6, 6.07) is 13.0. The fourth-order valence-electron chi connectivity index (χ4n) is 4.89. The molecule has 3 heterocycles. The fraction of sp³-hybridized carbons (Fsp3) is 0.538. The van der Waals surface area contributed by atoms with Gasteiger partial charge in [-0.25, -0.2) is 0 Å². The summed E-state index contributed by atoms with van der Waals surface area (Å²) < 4.78 is 6.39. The molecule has 162 valence electrons. The Morgan fingerprint density at radius 1 is 0.833 bits per heavy atom. The molecule has 1 N–H and O–H groups in total. The van der Waals surface area contributed by atoms with Crippen LogP contribution in [0.25, 0.3) is 0 Å². The number of aliphatic hydroxyl groups is 1. The summed E-state index contributed by atoms with van der Waals surface area (Å²) in [6.07, 6.45) is 5.83. The van der Waals surface area contributed by atoms with Gasteiger partial charge in [0.05, 0.1) is 6.10 Å². The van der Waals surface area contributed by atoms with Crippen molar-refractivity contribution in [1.82, 2.24) is 0 Å². The van der Waals surface area contributed by atoms with E-state index in [0.717, 1.165) is 48.8 Å². The highest BCUT2D eigenvalue weighted by atomic mass is 16.5. The van der Waals surface area contributed by atoms with Gasteiger partial charge in [-0.2, -0.15) is 0 Å². The van der Waals surface area contributed by atoms with Gasteiger partial charge in [-0.05, 0) is 44.7 Å². The molecule has 30 heavy (non-hydrogen) atoms. The summed E-state index contributed by atoms with van der Waals surface area (Å²) in [7, 11) is 0. The van der Waals surface area contributed by atoms with Gasteiger partial charge in [0.2, 0.25) is 0 Å². The van der Waals surface area contributed by atoms with Crippen molar-refractivity contribution in [2.45, 2.75) is 64.9 Å². The number of benzene rings is 2. The van der Waals surface area contributed by atoms with E-state index < -0.39 is 6.10 Å². The molecular formula is C26H36N2O2. The standard InChI is InChI=1S/C23H28N2O2.C3H8/c1-16(26)23-19-8-6-17(24-10-2-3-11-24)14-21(19)27-22-15-18(7-9-20(22)23)25-12-4-5-13-25;1-3-2/h6-9,14-16,23,26H,2-5,10-13H2,1H3;3H2,1-2H3. The van der Waals surface area contributed by atoms with E-state index in [1.165, 1.54) is 43.5 Å². The highest BCUT2D eigenvalue weighted by Gasteiger charge is 2.32. The lowest BCUT2D eigenvalue weighted by atomic mass is 9.84. The van der Waals surface area contributed by atoms with Crippen LogP contribution >= 0.6 is 0 Å². The predicted octanol–water partition coefficient (Wildman–Crippen LogP) is 5.92. The predicted molar refractivity (Wildman–Crippen MR) is 125 cm³/mol. The van der Waals surface area contributed by atoms with Crippen LogP contribution in [0.5, 0.6) is 11.5 Å². The van der Waals surface area contributed by atoms with Gasteiger partial charge in [0.15, 0.2) is 0 Å². The van der Waals surface area contributed by atoms with Crippen molar-refractivity contribution < 1.29 is 9.84 Å². The third-order valence-electron chi connectivity index (χ3n) is 6.31. The number of hydrogen-bond donors (Lipinski definition) is 1. The van der Waals surface area contributed by atoms with Crippen molar-refractivity contribution in [3.63, 3.8) is 0 Å². The number of nitrogens with zero attached hydrogens (tertiary/aromatic N) is 2. The van der Waals surface area contributed by atoms with E-state index in [2.05, 4.69) is 60.0 Å². The molecule has 5 rings (SSSR count). The van der Waals surface area contributed by atoms with Crippen molar-refractivity contribution in [2.24, 2.45) is 0 Å². The van der Waals surface area contributed by atoms with Crippen LogP contribution in [-0.2, 0) is 0 Å². The van der Waals surface area contributed by atoms with Gasteiger partial charge < -0.3 is 19.6 Å². The van der Waals surface area contributed by atoms with Gasteiger partial charge in [-0.15, -0.1) is 0 Å². The monoisotopic (exact) mass is 408 g/mol. The quantitative estimate of drug-likeness (QED) is 0.684.